The normalized spacial score (nSPS) is 17.3. The summed E-state index contributed by atoms with van der Waals surface area (Å²) in [6.07, 6.45) is 4.34. The van der Waals surface area contributed by atoms with Crippen LogP contribution in [-0.4, -0.2) is 14.7 Å². The Bertz CT molecular complexity index is 695. The molecule has 3 rings (SSSR count). The topological polar surface area (TPSA) is 99.0 Å². The maximum Gasteiger partial charge on any atom is 0.330 e. The maximum absolute atomic E-state index is 11.1. The number of aryl methyl sites for hydroxylation is 2. The fourth-order valence-corrected chi connectivity index (χ4v) is 2.86. The quantitative estimate of drug-likeness (QED) is 0.513. The van der Waals surface area contributed by atoms with Gasteiger partial charge in [0, 0.05) is 12.7 Å². The molecule has 7 heteroatoms. The highest BCUT2D eigenvalue weighted by molar-refractivity contribution is 5.57. The molecule has 0 amide bonds. The van der Waals surface area contributed by atoms with Gasteiger partial charge in [-0.05, 0) is 42.5 Å². The van der Waals surface area contributed by atoms with Crippen LogP contribution in [0.1, 0.15) is 30.0 Å². The molecule has 0 bridgehead atoms. The number of benzene rings is 1. The number of anilines is 2. The molecule has 0 radical (unpaired) electrons. The SMILES string of the molecule is Cn1cc([N+](=O)[O-])c(NC2CCCc3cc(N)ccc32)n1. The van der Waals surface area contributed by atoms with Crippen molar-refractivity contribution in [2.45, 2.75) is 25.3 Å². The lowest BCUT2D eigenvalue weighted by Crippen LogP contribution is -2.18. The van der Waals surface area contributed by atoms with E-state index in [1.807, 2.05) is 18.2 Å². The van der Waals surface area contributed by atoms with Crippen LogP contribution in [-0.2, 0) is 13.5 Å². The highest BCUT2D eigenvalue weighted by Gasteiger charge is 2.25. The molecule has 1 atom stereocenters. The number of aromatic nitrogens is 2. The zero-order chi connectivity index (χ0) is 15.0. The fraction of sp³-hybridized carbons (Fsp3) is 0.357. The summed E-state index contributed by atoms with van der Waals surface area (Å²) in [7, 11) is 1.67. The molecule has 1 heterocycles. The van der Waals surface area contributed by atoms with Crippen LogP contribution < -0.4 is 11.1 Å². The first-order chi connectivity index (χ1) is 10.0. The van der Waals surface area contributed by atoms with Crippen molar-refractivity contribution in [2.75, 3.05) is 11.1 Å². The van der Waals surface area contributed by atoms with E-state index >= 15 is 0 Å². The van der Waals surface area contributed by atoms with Gasteiger partial charge >= 0.3 is 5.69 Å². The van der Waals surface area contributed by atoms with Crippen LogP contribution in [0.15, 0.2) is 24.4 Å². The number of nitrogens with zero attached hydrogens (tertiary/aromatic N) is 3. The molecule has 0 spiro atoms. The average molecular weight is 287 g/mol. The third-order valence-corrected chi connectivity index (χ3v) is 3.80. The second kappa shape index (κ2) is 5.08. The van der Waals surface area contributed by atoms with Crippen LogP contribution >= 0.6 is 0 Å². The van der Waals surface area contributed by atoms with Crippen LogP contribution in [0.5, 0.6) is 0 Å². The Hall–Kier alpha value is -2.57. The van der Waals surface area contributed by atoms with Crippen molar-refractivity contribution in [3.63, 3.8) is 0 Å². The largest absolute Gasteiger partial charge is 0.399 e. The highest BCUT2D eigenvalue weighted by atomic mass is 16.6. The van der Waals surface area contributed by atoms with Gasteiger partial charge in [-0.3, -0.25) is 14.8 Å². The number of hydrogen-bond donors (Lipinski definition) is 2. The lowest BCUT2D eigenvalue weighted by atomic mass is 9.87. The Morgan fingerprint density at radius 1 is 1.52 bits per heavy atom. The Balaban J connectivity index is 1.92. The zero-order valence-electron chi connectivity index (χ0n) is 11.7. The molecule has 0 fully saturated rings. The van der Waals surface area contributed by atoms with Gasteiger partial charge in [0.15, 0.2) is 0 Å². The average Bonchev–Trinajstić information content (AvgIpc) is 2.80. The lowest BCUT2D eigenvalue weighted by molar-refractivity contribution is -0.384. The van der Waals surface area contributed by atoms with Gasteiger partial charge < -0.3 is 11.1 Å². The second-order valence-electron chi connectivity index (χ2n) is 5.34. The molecule has 3 N–H and O–H groups in total. The van der Waals surface area contributed by atoms with Crippen LogP contribution in [0.2, 0.25) is 0 Å². The molecular formula is C14H17N5O2. The number of nitrogen functional groups attached to an aromatic ring is 1. The summed E-state index contributed by atoms with van der Waals surface area (Å²) < 4.78 is 1.45. The molecule has 0 aliphatic heterocycles. The zero-order valence-corrected chi connectivity index (χ0v) is 11.7. The fourth-order valence-electron chi connectivity index (χ4n) is 2.86. The second-order valence-corrected chi connectivity index (χ2v) is 5.34. The lowest BCUT2D eigenvalue weighted by Gasteiger charge is -2.26. The first-order valence-electron chi connectivity index (χ1n) is 6.87. The van der Waals surface area contributed by atoms with Crippen LogP contribution in [0, 0.1) is 10.1 Å². The summed E-state index contributed by atoms with van der Waals surface area (Å²) in [4.78, 5) is 10.6. The highest BCUT2D eigenvalue weighted by Crippen LogP contribution is 2.35. The van der Waals surface area contributed by atoms with Crippen molar-refractivity contribution in [3.8, 4) is 0 Å². The van der Waals surface area contributed by atoms with E-state index in [0.29, 0.717) is 5.82 Å². The van der Waals surface area contributed by atoms with Crippen molar-refractivity contribution >= 4 is 17.2 Å². The molecule has 0 saturated heterocycles. The summed E-state index contributed by atoms with van der Waals surface area (Å²) in [5, 5.41) is 18.4. The predicted molar refractivity (Wildman–Crippen MR) is 80.0 cm³/mol. The van der Waals surface area contributed by atoms with Crippen molar-refractivity contribution in [1.82, 2.24) is 9.78 Å². The summed E-state index contributed by atoms with van der Waals surface area (Å²) in [5.74, 6) is 0.317. The van der Waals surface area contributed by atoms with Crippen molar-refractivity contribution in [2.24, 2.45) is 7.05 Å². The van der Waals surface area contributed by atoms with Gasteiger partial charge in [0.2, 0.25) is 5.82 Å². The van der Waals surface area contributed by atoms with Gasteiger partial charge in [0.1, 0.15) is 6.20 Å². The van der Waals surface area contributed by atoms with E-state index in [4.69, 9.17) is 5.73 Å². The Morgan fingerprint density at radius 2 is 2.33 bits per heavy atom. The summed E-state index contributed by atoms with van der Waals surface area (Å²) in [6, 6.07) is 5.88. The van der Waals surface area contributed by atoms with E-state index < -0.39 is 4.92 Å². The molecule has 21 heavy (non-hydrogen) atoms. The van der Waals surface area contributed by atoms with Gasteiger partial charge in [-0.2, -0.15) is 0 Å². The minimum absolute atomic E-state index is 0.0000634. The van der Waals surface area contributed by atoms with Crippen molar-refractivity contribution < 1.29 is 4.92 Å². The van der Waals surface area contributed by atoms with E-state index in [0.717, 1.165) is 30.5 Å². The minimum atomic E-state index is -0.415. The molecule has 1 aromatic carbocycles. The molecule has 1 aliphatic carbocycles. The van der Waals surface area contributed by atoms with E-state index in [9.17, 15) is 10.1 Å². The smallest absolute Gasteiger partial charge is 0.330 e. The first kappa shape index (κ1) is 13.4. The Morgan fingerprint density at radius 3 is 3.10 bits per heavy atom. The molecule has 1 unspecified atom stereocenters. The van der Waals surface area contributed by atoms with Gasteiger partial charge in [0.05, 0.1) is 11.0 Å². The van der Waals surface area contributed by atoms with Gasteiger partial charge in [0.25, 0.3) is 0 Å². The molecule has 0 saturated carbocycles. The van der Waals surface area contributed by atoms with E-state index in [1.54, 1.807) is 7.05 Å². The molecule has 1 aromatic heterocycles. The number of nitrogens with one attached hydrogen (secondary N) is 1. The third-order valence-electron chi connectivity index (χ3n) is 3.80. The summed E-state index contributed by atoms with van der Waals surface area (Å²) in [6.45, 7) is 0. The minimum Gasteiger partial charge on any atom is -0.399 e. The van der Waals surface area contributed by atoms with Crippen LogP contribution in [0.25, 0.3) is 0 Å². The van der Waals surface area contributed by atoms with Gasteiger partial charge in [-0.25, -0.2) is 0 Å². The van der Waals surface area contributed by atoms with Crippen LogP contribution in [0.4, 0.5) is 17.2 Å². The number of hydrogen-bond acceptors (Lipinski definition) is 5. The van der Waals surface area contributed by atoms with Crippen LogP contribution in [0.3, 0.4) is 0 Å². The van der Waals surface area contributed by atoms with E-state index in [-0.39, 0.29) is 11.7 Å². The monoisotopic (exact) mass is 287 g/mol. The molecule has 1 aliphatic rings. The third kappa shape index (κ3) is 2.54. The standard InChI is InChI=1S/C14H17N5O2/c1-18-8-13(19(20)21)14(17-18)16-12-4-2-3-9-7-10(15)5-6-11(9)12/h5-8,12H,2-4,15H2,1H3,(H,16,17). The number of nitro groups is 1. The number of nitrogens with two attached hydrogens (primary N) is 1. The molecule has 110 valence electrons. The van der Waals surface area contributed by atoms with Crippen molar-refractivity contribution in [3.05, 3.63) is 45.6 Å². The predicted octanol–water partition coefficient (Wildman–Crippen LogP) is 2.40. The summed E-state index contributed by atoms with van der Waals surface area (Å²) in [5.41, 5.74) is 8.92. The van der Waals surface area contributed by atoms with Gasteiger partial charge in [-0.15, -0.1) is 5.10 Å². The summed E-state index contributed by atoms with van der Waals surface area (Å²) >= 11 is 0. The molecule has 7 nitrogen and oxygen atoms in total. The molecule has 2 aromatic rings. The first-order valence-corrected chi connectivity index (χ1v) is 6.87. The Labute approximate surface area is 121 Å². The maximum atomic E-state index is 11.1. The van der Waals surface area contributed by atoms with E-state index in [1.165, 1.54) is 16.4 Å². The Kier molecular flexibility index (Phi) is 3.25. The van der Waals surface area contributed by atoms with E-state index in [2.05, 4.69) is 10.4 Å². The number of fused-ring (bicyclic) bond motifs is 1. The van der Waals surface area contributed by atoms with Crippen molar-refractivity contribution in [1.29, 1.82) is 0 Å². The number of rotatable bonds is 3. The van der Waals surface area contributed by atoms with Gasteiger partial charge in [-0.1, -0.05) is 6.07 Å². The molecular weight excluding hydrogens is 270 g/mol.